The molecule has 4 nitrogen and oxygen atoms in total. The number of nitrogens with zero attached hydrogens (tertiary/aromatic N) is 1. The number of methoxy groups -OCH3 is 1. The molecule has 21 heavy (non-hydrogen) atoms. The van der Waals surface area contributed by atoms with Crippen LogP contribution in [0, 0.1) is 0 Å². The van der Waals surface area contributed by atoms with Gasteiger partial charge in [0.15, 0.2) is 11.5 Å². The molecule has 1 atom stereocenters. The minimum Gasteiger partial charge on any atom is -0.493 e. The van der Waals surface area contributed by atoms with E-state index in [-0.39, 0.29) is 0 Å². The van der Waals surface area contributed by atoms with Crippen molar-refractivity contribution >= 4 is 11.6 Å². The lowest BCUT2D eigenvalue weighted by atomic mass is 10.1. The summed E-state index contributed by atoms with van der Waals surface area (Å²) >= 11 is 6.36. The van der Waals surface area contributed by atoms with Crippen LogP contribution in [0.15, 0.2) is 12.1 Å². The molecule has 0 bridgehead atoms. The van der Waals surface area contributed by atoms with Gasteiger partial charge >= 0.3 is 0 Å². The van der Waals surface area contributed by atoms with Crippen LogP contribution >= 0.6 is 11.6 Å². The van der Waals surface area contributed by atoms with Gasteiger partial charge in [0, 0.05) is 32.2 Å². The summed E-state index contributed by atoms with van der Waals surface area (Å²) in [5, 5.41) is 4.08. The fourth-order valence-corrected chi connectivity index (χ4v) is 2.91. The van der Waals surface area contributed by atoms with E-state index >= 15 is 0 Å². The number of ether oxygens (including phenoxy) is 2. The molecule has 1 aliphatic heterocycles. The maximum atomic E-state index is 6.36. The predicted molar refractivity (Wildman–Crippen MR) is 86.5 cm³/mol. The third-order valence-electron chi connectivity index (χ3n) is 3.60. The molecule has 0 radical (unpaired) electrons. The highest BCUT2D eigenvalue weighted by molar-refractivity contribution is 6.32. The van der Waals surface area contributed by atoms with Gasteiger partial charge in [-0.25, -0.2) is 0 Å². The van der Waals surface area contributed by atoms with Gasteiger partial charge in [0.25, 0.3) is 0 Å². The molecule has 0 aliphatic carbocycles. The lowest BCUT2D eigenvalue weighted by molar-refractivity contribution is 0.199. The SMILES string of the molecule is CCCOc1c(Cl)cc(CN2CCN[C@@H](C)C2)cc1OC. The summed E-state index contributed by atoms with van der Waals surface area (Å²) in [6.45, 7) is 8.94. The monoisotopic (exact) mass is 312 g/mol. The molecule has 1 fully saturated rings. The normalized spacial score (nSPS) is 19.5. The van der Waals surface area contributed by atoms with Gasteiger partial charge in [0.2, 0.25) is 0 Å². The van der Waals surface area contributed by atoms with Crippen LogP contribution in [0.25, 0.3) is 0 Å². The maximum Gasteiger partial charge on any atom is 0.179 e. The Morgan fingerprint density at radius 2 is 2.24 bits per heavy atom. The molecule has 0 saturated carbocycles. The first-order valence-electron chi connectivity index (χ1n) is 7.59. The summed E-state index contributed by atoms with van der Waals surface area (Å²) in [5.74, 6) is 1.37. The molecule has 0 aromatic heterocycles. The fourth-order valence-electron chi connectivity index (χ4n) is 2.62. The maximum absolute atomic E-state index is 6.36. The summed E-state index contributed by atoms with van der Waals surface area (Å²) in [5.41, 5.74) is 1.16. The second-order valence-electron chi connectivity index (χ2n) is 5.55. The summed E-state index contributed by atoms with van der Waals surface area (Å²) in [6, 6.07) is 4.55. The van der Waals surface area contributed by atoms with Gasteiger partial charge in [0.05, 0.1) is 18.7 Å². The summed E-state index contributed by atoms with van der Waals surface area (Å²) in [7, 11) is 1.65. The Morgan fingerprint density at radius 3 is 2.90 bits per heavy atom. The zero-order valence-corrected chi connectivity index (χ0v) is 13.9. The van der Waals surface area contributed by atoms with Crippen molar-refractivity contribution in [3.63, 3.8) is 0 Å². The number of rotatable bonds is 6. The number of hydrogen-bond donors (Lipinski definition) is 1. The van der Waals surface area contributed by atoms with Crippen molar-refractivity contribution in [1.82, 2.24) is 10.2 Å². The third kappa shape index (κ3) is 4.50. The van der Waals surface area contributed by atoms with E-state index in [1.165, 1.54) is 0 Å². The fraction of sp³-hybridized carbons (Fsp3) is 0.625. The van der Waals surface area contributed by atoms with Crippen LogP contribution in [0.1, 0.15) is 25.8 Å². The summed E-state index contributed by atoms with van der Waals surface area (Å²) < 4.78 is 11.1. The smallest absolute Gasteiger partial charge is 0.179 e. The number of halogens is 1. The Balaban J connectivity index is 2.11. The average Bonchev–Trinajstić information content (AvgIpc) is 2.45. The molecule has 118 valence electrons. The first kappa shape index (κ1) is 16.4. The van der Waals surface area contributed by atoms with Gasteiger partial charge in [-0.1, -0.05) is 18.5 Å². The Kier molecular flexibility index (Phi) is 6.15. The van der Waals surface area contributed by atoms with E-state index in [1.54, 1.807) is 7.11 Å². The molecule has 0 amide bonds. The Morgan fingerprint density at radius 1 is 1.43 bits per heavy atom. The Hall–Kier alpha value is -0.970. The van der Waals surface area contributed by atoms with Crippen molar-refractivity contribution in [2.24, 2.45) is 0 Å². The van der Waals surface area contributed by atoms with Gasteiger partial charge in [-0.05, 0) is 31.0 Å². The topological polar surface area (TPSA) is 33.7 Å². The largest absolute Gasteiger partial charge is 0.493 e. The van der Waals surface area contributed by atoms with Crippen molar-refractivity contribution in [3.8, 4) is 11.5 Å². The number of nitrogens with one attached hydrogen (secondary N) is 1. The molecule has 0 unspecified atom stereocenters. The first-order valence-corrected chi connectivity index (χ1v) is 7.96. The molecule has 2 rings (SSSR count). The quantitative estimate of drug-likeness (QED) is 0.875. The minimum atomic E-state index is 0.531. The average molecular weight is 313 g/mol. The van der Waals surface area contributed by atoms with Gasteiger partial charge in [0.1, 0.15) is 0 Å². The molecule has 1 aliphatic rings. The zero-order valence-electron chi connectivity index (χ0n) is 13.1. The van der Waals surface area contributed by atoms with E-state index in [1.807, 2.05) is 12.1 Å². The molecule has 0 spiro atoms. The summed E-state index contributed by atoms with van der Waals surface area (Å²) in [4.78, 5) is 2.43. The van der Waals surface area contributed by atoms with Crippen LogP contribution in [0.4, 0.5) is 0 Å². The molecule has 1 aromatic rings. The van der Waals surface area contributed by atoms with Gasteiger partial charge in [-0.15, -0.1) is 0 Å². The number of hydrogen-bond acceptors (Lipinski definition) is 4. The van der Waals surface area contributed by atoms with Crippen LogP contribution in [0.5, 0.6) is 11.5 Å². The van der Waals surface area contributed by atoms with Crippen LogP contribution in [-0.2, 0) is 6.54 Å². The van der Waals surface area contributed by atoms with E-state index in [4.69, 9.17) is 21.1 Å². The second kappa shape index (κ2) is 7.87. The Bertz CT molecular complexity index is 468. The highest BCUT2D eigenvalue weighted by Crippen LogP contribution is 2.36. The van der Waals surface area contributed by atoms with Crippen LogP contribution in [0.2, 0.25) is 5.02 Å². The van der Waals surface area contributed by atoms with Crippen molar-refractivity contribution in [2.75, 3.05) is 33.4 Å². The predicted octanol–water partition coefficient (Wildman–Crippen LogP) is 2.93. The van der Waals surface area contributed by atoms with Crippen LogP contribution in [-0.4, -0.2) is 44.3 Å². The van der Waals surface area contributed by atoms with Gasteiger partial charge in [-0.2, -0.15) is 0 Å². The number of benzene rings is 1. The van der Waals surface area contributed by atoms with Crippen LogP contribution in [0.3, 0.4) is 0 Å². The molecule has 1 saturated heterocycles. The van der Waals surface area contributed by atoms with Gasteiger partial charge in [-0.3, -0.25) is 4.90 Å². The molecule has 1 N–H and O–H groups in total. The first-order chi connectivity index (χ1) is 10.1. The lowest BCUT2D eigenvalue weighted by Crippen LogP contribution is -2.48. The van der Waals surface area contributed by atoms with Crippen molar-refractivity contribution < 1.29 is 9.47 Å². The van der Waals surface area contributed by atoms with E-state index < -0.39 is 0 Å². The second-order valence-corrected chi connectivity index (χ2v) is 5.95. The van der Waals surface area contributed by atoms with E-state index in [2.05, 4.69) is 24.1 Å². The highest BCUT2D eigenvalue weighted by Gasteiger charge is 2.18. The minimum absolute atomic E-state index is 0.531. The molecular formula is C16H25ClN2O2. The summed E-state index contributed by atoms with van der Waals surface area (Å²) in [6.07, 6.45) is 0.944. The van der Waals surface area contributed by atoms with E-state index in [0.717, 1.165) is 38.2 Å². The van der Waals surface area contributed by atoms with E-state index in [0.29, 0.717) is 29.2 Å². The van der Waals surface area contributed by atoms with Crippen molar-refractivity contribution in [2.45, 2.75) is 32.9 Å². The van der Waals surface area contributed by atoms with Crippen molar-refractivity contribution in [3.05, 3.63) is 22.7 Å². The zero-order chi connectivity index (χ0) is 15.2. The third-order valence-corrected chi connectivity index (χ3v) is 3.88. The lowest BCUT2D eigenvalue weighted by Gasteiger charge is -2.32. The molecule has 5 heteroatoms. The van der Waals surface area contributed by atoms with Gasteiger partial charge < -0.3 is 14.8 Å². The Labute approximate surface area is 132 Å². The number of piperazine rings is 1. The molecule has 1 aromatic carbocycles. The van der Waals surface area contributed by atoms with Crippen LogP contribution < -0.4 is 14.8 Å². The highest BCUT2D eigenvalue weighted by atomic mass is 35.5. The molecular weight excluding hydrogens is 288 g/mol. The van der Waals surface area contributed by atoms with Crippen molar-refractivity contribution in [1.29, 1.82) is 0 Å². The van der Waals surface area contributed by atoms with E-state index in [9.17, 15) is 0 Å². The molecule has 1 heterocycles. The standard InChI is InChI=1S/C16H25ClN2O2/c1-4-7-21-16-14(17)8-13(9-15(16)20-3)11-19-6-5-18-12(2)10-19/h8-9,12,18H,4-7,10-11H2,1-3H3/t12-/m0/s1.